The predicted molar refractivity (Wildman–Crippen MR) is 140 cm³/mol. The van der Waals surface area contributed by atoms with Gasteiger partial charge in [-0.25, -0.2) is 4.39 Å². The zero-order valence-electron chi connectivity index (χ0n) is 19.1. The predicted octanol–water partition coefficient (Wildman–Crippen LogP) is 6.01. The fourth-order valence-electron chi connectivity index (χ4n) is 3.84. The number of aromatic nitrogens is 1. The number of nitrogens with zero attached hydrogens (tertiary/aromatic N) is 3. The van der Waals surface area contributed by atoms with Gasteiger partial charge < -0.3 is 16.0 Å². The normalized spacial score (nSPS) is 12.5. The van der Waals surface area contributed by atoms with Crippen molar-refractivity contribution in [1.29, 1.82) is 5.26 Å². The highest BCUT2D eigenvalue weighted by Gasteiger charge is 2.12. The van der Waals surface area contributed by atoms with Crippen LogP contribution in [0.1, 0.15) is 22.3 Å². The summed E-state index contributed by atoms with van der Waals surface area (Å²) in [6.07, 6.45) is 6.18. The largest absolute Gasteiger partial charge is 0.359 e. The molecule has 0 bridgehead atoms. The number of fused-ring (bicyclic) bond motifs is 1. The van der Waals surface area contributed by atoms with Gasteiger partial charge >= 0.3 is 0 Å². The van der Waals surface area contributed by atoms with Crippen molar-refractivity contribution in [1.82, 2.24) is 4.98 Å². The minimum atomic E-state index is -0.576. The summed E-state index contributed by atoms with van der Waals surface area (Å²) >= 11 is 0. The number of carbonyl (C=O) groups excluding carboxylic acids is 1. The first-order chi connectivity index (χ1) is 17.6. The van der Waals surface area contributed by atoms with E-state index in [0.29, 0.717) is 27.8 Å². The van der Waals surface area contributed by atoms with E-state index in [4.69, 9.17) is 0 Å². The van der Waals surface area contributed by atoms with E-state index in [0.717, 1.165) is 24.4 Å². The Balaban J connectivity index is 1.28. The van der Waals surface area contributed by atoms with E-state index in [1.807, 2.05) is 18.2 Å². The van der Waals surface area contributed by atoms with Crippen LogP contribution in [0.3, 0.4) is 0 Å². The quantitative estimate of drug-likeness (QED) is 0.316. The number of carbonyl (C=O) groups is 1. The highest BCUT2D eigenvalue weighted by atomic mass is 19.1. The van der Waals surface area contributed by atoms with Crippen molar-refractivity contribution in [2.24, 2.45) is 4.99 Å². The molecule has 1 aliphatic rings. The van der Waals surface area contributed by atoms with Crippen LogP contribution >= 0.6 is 0 Å². The van der Waals surface area contributed by atoms with Gasteiger partial charge in [0.1, 0.15) is 5.82 Å². The molecule has 0 fully saturated rings. The molecule has 0 atom stereocenters. The molecule has 0 aliphatic carbocycles. The number of rotatable bonds is 6. The second-order valence-corrected chi connectivity index (χ2v) is 8.18. The van der Waals surface area contributed by atoms with Gasteiger partial charge in [0, 0.05) is 59.1 Å². The van der Waals surface area contributed by atoms with Gasteiger partial charge in [0.2, 0.25) is 0 Å². The summed E-state index contributed by atoms with van der Waals surface area (Å²) in [4.78, 5) is 21.2. The molecule has 36 heavy (non-hydrogen) atoms. The summed E-state index contributed by atoms with van der Waals surface area (Å²) in [5, 5.41) is 19.1. The maximum atomic E-state index is 14.9. The van der Waals surface area contributed by atoms with E-state index in [9.17, 15) is 14.4 Å². The van der Waals surface area contributed by atoms with Crippen molar-refractivity contribution >= 4 is 45.8 Å². The zero-order chi connectivity index (χ0) is 24.9. The molecule has 0 spiro atoms. The van der Waals surface area contributed by atoms with Crippen LogP contribution < -0.4 is 16.0 Å². The summed E-state index contributed by atoms with van der Waals surface area (Å²) in [5.74, 6) is -0.992. The molecular weight excluding hydrogens is 455 g/mol. The van der Waals surface area contributed by atoms with E-state index in [-0.39, 0.29) is 11.3 Å². The van der Waals surface area contributed by atoms with Gasteiger partial charge in [-0.1, -0.05) is 0 Å². The van der Waals surface area contributed by atoms with Crippen molar-refractivity contribution in [3.8, 4) is 6.07 Å². The SMILES string of the molecule is N#Cc1ccc2nccc(Nc3ccc(C(=O)Nc4ccc(NC5=CC=NCC5)cc4)cc3F)c2c1. The maximum absolute atomic E-state index is 14.9. The molecule has 1 aliphatic heterocycles. The van der Waals surface area contributed by atoms with Gasteiger partial charge in [0.15, 0.2) is 0 Å². The highest BCUT2D eigenvalue weighted by Crippen LogP contribution is 2.28. The summed E-state index contributed by atoms with van der Waals surface area (Å²) < 4.78 is 14.9. The summed E-state index contributed by atoms with van der Waals surface area (Å²) in [5.41, 5.74) is 4.76. The van der Waals surface area contributed by atoms with E-state index in [1.165, 1.54) is 12.1 Å². The molecule has 3 N–H and O–H groups in total. The van der Waals surface area contributed by atoms with Crippen molar-refractivity contribution in [2.45, 2.75) is 6.42 Å². The zero-order valence-corrected chi connectivity index (χ0v) is 19.1. The van der Waals surface area contributed by atoms with Crippen LogP contribution in [0.25, 0.3) is 10.9 Å². The molecule has 4 aromatic rings. The van der Waals surface area contributed by atoms with E-state index in [2.05, 4.69) is 32.0 Å². The monoisotopic (exact) mass is 476 g/mol. The van der Waals surface area contributed by atoms with Gasteiger partial charge in [-0.3, -0.25) is 14.8 Å². The first-order valence-corrected chi connectivity index (χ1v) is 11.3. The Morgan fingerprint density at radius 3 is 2.53 bits per heavy atom. The fourth-order valence-corrected chi connectivity index (χ4v) is 3.84. The lowest BCUT2D eigenvalue weighted by atomic mass is 10.1. The van der Waals surface area contributed by atoms with E-state index >= 15 is 0 Å². The number of allylic oxidation sites excluding steroid dienone is 1. The lowest BCUT2D eigenvalue weighted by Crippen LogP contribution is -2.12. The smallest absolute Gasteiger partial charge is 0.255 e. The average molecular weight is 477 g/mol. The van der Waals surface area contributed by atoms with Gasteiger partial charge in [0.05, 0.1) is 22.8 Å². The Hall–Kier alpha value is -5.03. The van der Waals surface area contributed by atoms with Crippen molar-refractivity contribution < 1.29 is 9.18 Å². The third kappa shape index (κ3) is 5.05. The van der Waals surface area contributed by atoms with Gasteiger partial charge in [-0.2, -0.15) is 5.26 Å². The number of halogens is 1. The molecule has 1 amide bonds. The lowest BCUT2D eigenvalue weighted by molar-refractivity contribution is 0.102. The average Bonchev–Trinajstić information content (AvgIpc) is 2.91. The Bertz CT molecular complexity index is 1550. The number of nitrogens with one attached hydrogen (secondary N) is 3. The lowest BCUT2D eigenvalue weighted by Gasteiger charge is -2.13. The summed E-state index contributed by atoms with van der Waals surface area (Å²) in [6.45, 7) is 0.763. The van der Waals surface area contributed by atoms with Gasteiger partial charge in [-0.05, 0) is 72.8 Å². The number of nitriles is 1. The second kappa shape index (κ2) is 10.1. The van der Waals surface area contributed by atoms with Crippen LogP contribution in [0.15, 0.2) is 89.7 Å². The number of hydrogen-bond donors (Lipinski definition) is 3. The number of benzene rings is 3. The molecule has 176 valence electrons. The second-order valence-electron chi connectivity index (χ2n) is 8.18. The van der Waals surface area contributed by atoms with E-state index in [1.54, 1.807) is 54.9 Å². The molecule has 0 unspecified atom stereocenters. The first kappa shape index (κ1) is 22.7. The molecule has 3 aromatic carbocycles. The number of hydrogen-bond acceptors (Lipinski definition) is 6. The number of anilines is 4. The minimum absolute atomic E-state index is 0.193. The summed E-state index contributed by atoms with van der Waals surface area (Å²) in [6, 6.07) is 20.5. The molecule has 0 saturated carbocycles. The Kier molecular flexibility index (Phi) is 6.36. The number of pyridine rings is 1. The van der Waals surface area contributed by atoms with Crippen LogP contribution in [0.5, 0.6) is 0 Å². The highest BCUT2D eigenvalue weighted by molar-refractivity contribution is 6.04. The topological polar surface area (TPSA) is 102 Å². The maximum Gasteiger partial charge on any atom is 0.255 e. The number of aliphatic imine (C=N–C) groups is 1. The Labute approximate surface area is 207 Å². The molecule has 2 heterocycles. The van der Waals surface area contributed by atoms with Crippen LogP contribution in [-0.2, 0) is 0 Å². The number of amides is 1. The Morgan fingerprint density at radius 1 is 0.944 bits per heavy atom. The van der Waals surface area contributed by atoms with Crippen molar-refractivity contribution in [3.05, 3.63) is 102 Å². The van der Waals surface area contributed by atoms with Gasteiger partial charge in [0.25, 0.3) is 5.91 Å². The third-order valence-corrected chi connectivity index (χ3v) is 5.71. The fraction of sp³-hybridized carbons (Fsp3) is 0.0714. The van der Waals surface area contributed by atoms with Crippen LogP contribution in [0.2, 0.25) is 0 Å². The summed E-state index contributed by atoms with van der Waals surface area (Å²) in [7, 11) is 0. The minimum Gasteiger partial charge on any atom is -0.359 e. The molecule has 0 saturated heterocycles. The standard InChI is InChI=1S/C28H21FN6O/c29-24-16-19(28(36)34-21-5-3-20(4-6-21)33-22-9-12-31-13-10-22)2-8-27(24)35-26-11-14-32-25-7-1-18(17-30)15-23(25)26/h1-9,11-12,14-16,33H,10,13H2,(H,32,35)(H,34,36). The van der Waals surface area contributed by atoms with Crippen LogP contribution in [0.4, 0.5) is 27.1 Å². The molecular formula is C28H21FN6O. The third-order valence-electron chi connectivity index (χ3n) is 5.71. The Morgan fingerprint density at radius 2 is 1.78 bits per heavy atom. The number of dihydropyridines is 1. The molecule has 5 rings (SSSR count). The van der Waals surface area contributed by atoms with E-state index < -0.39 is 11.7 Å². The van der Waals surface area contributed by atoms with Crippen LogP contribution in [-0.4, -0.2) is 23.7 Å². The molecule has 7 nitrogen and oxygen atoms in total. The molecule has 1 aromatic heterocycles. The van der Waals surface area contributed by atoms with Crippen molar-refractivity contribution in [2.75, 3.05) is 22.5 Å². The first-order valence-electron chi connectivity index (χ1n) is 11.3. The van der Waals surface area contributed by atoms with Crippen LogP contribution in [0, 0.1) is 17.1 Å². The molecule has 0 radical (unpaired) electrons. The van der Waals surface area contributed by atoms with Crippen molar-refractivity contribution in [3.63, 3.8) is 0 Å². The van der Waals surface area contributed by atoms with Gasteiger partial charge in [-0.15, -0.1) is 0 Å². The molecule has 8 heteroatoms.